The largest absolute Gasteiger partial charge is 0.320 e. The molecular weight excluding hydrogens is 348 g/mol. The van der Waals surface area contributed by atoms with Crippen molar-refractivity contribution < 1.29 is 4.39 Å². The molecule has 1 nitrogen and oxygen atoms in total. The number of halogens is 4. The highest BCUT2D eigenvalue weighted by atomic mass is 79.9. The van der Waals surface area contributed by atoms with Crippen molar-refractivity contribution in [2.45, 2.75) is 6.04 Å². The first-order valence-corrected chi connectivity index (χ1v) is 7.01. The second-order valence-corrected chi connectivity index (χ2v) is 6.54. The van der Waals surface area contributed by atoms with Crippen LogP contribution in [0.1, 0.15) is 17.2 Å². The maximum atomic E-state index is 13.9. The number of thiophene rings is 1. The van der Waals surface area contributed by atoms with Gasteiger partial charge in [0.25, 0.3) is 0 Å². The average molecular weight is 355 g/mol. The molecule has 1 aromatic heterocycles. The van der Waals surface area contributed by atoms with Gasteiger partial charge in [0.15, 0.2) is 0 Å². The summed E-state index contributed by atoms with van der Waals surface area (Å²) in [6, 6.07) is 6.02. The summed E-state index contributed by atoms with van der Waals surface area (Å²) in [5, 5.41) is 0. The second kappa shape index (κ2) is 5.24. The van der Waals surface area contributed by atoms with E-state index in [1.54, 1.807) is 24.3 Å². The molecule has 17 heavy (non-hydrogen) atoms. The van der Waals surface area contributed by atoms with Crippen molar-refractivity contribution in [1.82, 2.24) is 0 Å². The van der Waals surface area contributed by atoms with Gasteiger partial charge in [0.1, 0.15) is 5.82 Å². The predicted molar refractivity (Wildman–Crippen MR) is 74.5 cm³/mol. The maximum Gasteiger partial charge on any atom is 0.142 e. The van der Waals surface area contributed by atoms with E-state index in [1.165, 1.54) is 11.3 Å². The van der Waals surface area contributed by atoms with E-state index in [4.69, 9.17) is 28.9 Å². The zero-order valence-corrected chi connectivity index (χ0v) is 12.3. The fourth-order valence-corrected chi connectivity index (χ4v) is 3.42. The van der Waals surface area contributed by atoms with Gasteiger partial charge < -0.3 is 5.73 Å². The minimum absolute atomic E-state index is 0.376. The van der Waals surface area contributed by atoms with E-state index >= 15 is 0 Å². The van der Waals surface area contributed by atoms with Gasteiger partial charge in [0.2, 0.25) is 0 Å². The smallest absolute Gasteiger partial charge is 0.142 e. The molecule has 2 N–H and O–H groups in total. The molecule has 0 fully saturated rings. The highest BCUT2D eigenvalue weighted by Crippen LogP contribution is 2.37. The highest BCUT2D eigenvalue weighted by Gasteiger charge is 2.19. The summed E-state index contributed by atoms with van der Waals surface area (Å²) in [5.74, 6) is -0.376. The molecule has 0 saturated carbocycles. The lowest BCUT2D eigenvalue weighted by atomic mass is 10.0. The number of hydrogen-bond donors (Lipinski definition) is 1. The molecule has 0 radical (unpaired) electrons. The molecule has 0 spiro atoms. The van der Waals surface area contributed by atoms with Gasteiger partial charge in [-0.2, -0.15) is 0 Å². The Morgan fingerprint density at radius 1 is 1.29 bits per heavy atom. The van der Waals surface area contributed by atoms with E-state index in [0.717, 1.165) is 0 Å². The third-order valence-corrected chi connectivity index (χ3v) is 4.47. The normalized spacial score (nSPS) is 12.8. The zero-order valence-electron chi connectivity index (χ0n) is 8.38. The van der Waals surface area contributed by atoms with E-state index in [9.17, 15) is 4.39 Å². The molecule has 2 aromatic rings. The van der Waals surface area contributed by atoms with Gasteiger partial charge in [0, 0.05) is 11.1 Å². The van der Waals surface area contributed by atoms with Crippen molar-refractivity contribution in [2.24, 2.45) is 5.73 Å². The van der Waals surface area contributed by atoms with Crippen LogP contribution in [0.25, 0.3) is 0 Å². The molecule has 0 bridgehead atoms. The Kier molecular flexibility index (Phi) is 4.10. The zero-order chi connectivity index (χ0) is 12.6. The Morgan fingerprint density at radius 3 is 2.59 bits per heavy atom. The van der Waals surface area contributed by atoms with Gasteiger partial charge >= 0.3 is 0 Å². The van der Waals surface area contributed by atoms with Crippen molar-refractivity contribution in [1.29, 1.82) is 0 Å². The van der Waals surface area contributed by atoms with Crippen LogP contribution in [0, 0.1) is 5.82 Å². The fraction of sp³-hybridized carbons (Fsp3) is 0.0909. The molecule has 6 heteroatoms. The topological polar surface area (TPSA) is 26.0 Å². The first-order valence-electron chi connectivity index (χ1n) is 4.65. The molecule has 1 heterocycles. The number of rotatable bonds is 2. The molecule has 2 rings (SSSR count). The Labute approximate surface area is 120 Å². The van der Waals surface area contributed by atoms with Crippen LogP contribution in [-0.4, -0.2) is 0 Å². The van der Waals surface area contributed by atoms with Crippen molar-refractivity contribution in [3.8, 4) is 0 Å². The quantitative estimate of drug-likeness (QED) is 0.806. The second-order valence-electron chi connectivity index (χ2n) is 3.40. The third-order valence-electron chi connectivity index (χ3n) is 2.33. The van der Waals surface area contributed by atoms with E-state index < -0.39 is 6.04 Å². The van der Waals surface area contributed by atoms with Gasteiger partial charge in [-0.15, -0.1) is 11.3 Å². The molecule has 0 aliphatic heterocycles. The lowest BCUT2D eigenvalue weighted by Crippen LogP contribution is -2.13. The SMILES string of the molecule is NC(c1cc(Cl)sc1Cl)c1cccc(Br)c1F. The number of hydrogen-bond acceptors (Lipinski definition) is 2. The molecule has 0 saturated heterocycles. The Morgan fingerprint density at radius 2 is 2.00 bits per heavy atom. The molecular formula is C11H7BrCl2FNS. The van der Waals surface area contributed by atoms with Gasteiger partial charge in [-0.05, 0) is 28.1 Å². The van der Waals surface area contributed by atoms with E-state index in [1.807, 2.05) is 0 Å². The summed E-state index contributed by atoms with van der Waals surface area (Å²) in [4.78, 5) is 0. The van der Waals surface area contributed by atoms with Crippen LogP contribution in [0.15, 0.2) is 28.7 Å². The fourth-order valence-electron chi connectivity index (χ4n) is 1.49. The number of benzene rings is 1. The first-order chi connectivity index (χ1) is 8.00. The van der Waals surface area contributed by atoms with Crippen LogP contribution in [-0.2, 0) is 0 Å². The van der Waals surface area contributed by atoms with Crippen LogP contribution in [0.3, 0.4) is 0 Å². The van der Waals surface area contributed by atoms with E-state index in [0.29, 0.717) is 24.3 Å². The minimum Gasteiger partial charge on any atom is -0.320 e. The number of nitrogens with two attached hydrogens (primary N) is 1. The van der Waals surface area contributed by atoms with Gasteiger partial charge in [-0.3, -0.25) is 0 Å². The van der Waals surface area contributed by atoms with Gasteiger partial charge in [0.05, 0.1) is 19.2 Å². The standard InChI is InChI=1S/C11H7BrCl2FNS/c12-7-3-1-2-5(9(7)15)10(16)6-4-8(13)17-11(6)14/h1-4,10H,16H2. The highest BCUT2D eigenvalue weighted by molar-refractivity contribution is 9.10. The van der Waals surface area contributed by atoms with Crippen molar-refractivity contribution in [3.63, 3.8) is 0 Å². The Bertz CT molecular complexity index is 558. The summed E-state index contributed by atoms with van der Waals surface area (Å²) in [6.07, 6.45) is 0. The van der Waals surface area contributed by atoms with E-state index in [-0.39, 0.29) is 5.82 Å². The summed E-state index contributed by atoms with van der Waals surface area (Å²) in [6.45, 7) is 0. The van der Waals surface area contributed by atoms with Crippen LogP contribution >= 0.6 is 50.5 Å². The molecule has 90 valence electrons. The van der Waals surface area contributed by atoms with E-state index in [2.05, 4.69) is 15.9 Å². The van der Waals surface area contributed by atoms with Crippen molar-refractivity contribution >= 4 is 50.5 Å². The van der Waals surface area contributed by atoms with Crippen LogP contribution < -0.4 is 5.73 Å². The molecule has 0 aliphatic carbocycles. The summed E-state index contributed by atoms with van der Waals surface area (Å²) < 4.78 is 15.3. The first kappa shape index (κ1) is 13.3. The van der Waals surface area contributed by atoms with Gasteiger partial charge in [-0.1, -0.05) is 35.3 Å². The molecule has 1 atom stereocenters. The van der Waals surface area contributed by atoms with Gasteiger partial charge in [-0.25, -0.2) is 4.39 Å². The Hall–Kier alpha value is -0.130. The third kappa shape index (κ3) is 2.66. The summed E-state index contributed by atoms with van der Waals surface area (Å²) in [5.41, 5.74) is 7.03. The maximum absolute atomic E-state index is 13.9. The van der Waals surface area contributed by atoms with Crippen LogP contribution in [0.5, 0.6) is 0 Å². The lowest BCUT2D eigenvalue weighted by molar-refractivity contribution is 0.593. The van der Waals surface area contributed by atoms with Crippen LogP contribution in [0.2, 0.25) is 8.67 Å². The monoisotopic (exact) mass is 353 g/mol. The molecule has 0 amide bonds. The molecule has 1 unspecified atom stereocenters. The average Bonchev–Trinajstić information content (AvgIpc) is 2.61. The van der Waals surface area contributed by atoms with Crippen LogP contribution in [0.4, 0.5) is 4.39 Å². The van der Waals surface area contributed by atoms with Crippen molar-refractivity contribution in [2.75, 3.05) is 0 Å². The summed E-state index contributed by atoms with van der Waals surface area (Å²) >= 11 is 16.2. The molecule has 1 aromatic carbocycles. The molecule has 0 aliphatic rings. The summed E-state index contributed by atoms with van der Waals surface area (Å²) in [7, 11) is 0. The minimum atomic E-state index is -0.622. The Balaban J connectivity index is 2.47. The lowest BCUT2D eigenvalue weighted by Gasteiger charge is -2.13. The predicted octanol–water partition coefficient (Wildman–Crippen LogP) is 5.00. The van der Waals surface area contributed by atoms with Crippen molar-refractivity contribution in [3.05, 3.63) is 54.4 Å².